The third-order valence-corrected chi connectivity index (χ3v) is 6.01. The van der Waals surface area contributed by atoms with E-state index in [1.165, 1.54) is 17.6 Å². The number of thiophene rings is 1. The van der Waals surface area contributed by atoms with Crippen molar-refractivity contribution in [1.82, 2.24) is 5.32 Å². The first-order valence-electron chi connectivity index (χ1n) is 8.15. The van der Waals surface area contributed by atoms with Gasteiger partial charge in [-0.1, -0.05) is 13.0 Å². The molecule has 0 radical (unpaired) electrons. The van der Waals surface area contributed by atoms with Crippen molar-refractivity contribution >= 4 is 22.2 Å². The van der Waals surface area contributed by atoms with Gasteiger partial charge in [0.1, 0.15) is 11.2 Å². The molecule has 1 aromatic heterocycles. The number of phenolic OH excluding ortho intramolecular Hbond substituents is 1. The van der Waals surface area contributed by atoms with Crippen molar-refractivity contribution in [2.45, 2.75) is 32.4 Å². The first-order valence-corrected chi connectivity index (χ1v) is 8.97. The van der Waals surface area contributed by atoms with Crippen molar-refractivity contribution in [1.29, 1.82) is 0 Å². The van der Waals surface area contributed by atoms with Crippen molar-refractivity contribution in [2.75, 3.05) is 12.4 Å². The number of carbonyl (C=O) groups is 1. The Morgan fingerprint density at radius 3 is 2.92 bits per heavy atom. The van der Waals surface area contributed by atoms with E-state index in [1.54, 1.807) is 23.5 Å². The second-order valence-electron chi connectivity index (χ2n) is 6.54. The first-order chi connectivity index (χ1) is 11.6. The second-order valence-corrected chi connectivity index (χ2v) is 7.64. The summed E-state index contributed by atoms with van der Waals surface area (Å²) in [5.41, 5.74) is 2.83. The molecule has 2 aromatic rings. The van der Waals surface area contributed by atoms with Crippen LogP contribution >= 0.6 is 11.3 Å². The van der Waals surface area contributed by atoms with Gasteiger partial charge in [0.25, 0.3) is 5.91 Å². The van der Waals surface area contributed by atoms with Gasteiger partial charge in [0, 0.05) is 4.88 Å². The van der Waals surface area contributed by atoms with Crippen LogP contribution in [0.4, 0.5) is 5.00 Å². The van der Waals surface area contributed by atoms with E-state index < -0.39 is 0 Å². The van der Waals surface area contributed by atoms with Crippen LogP contribution < -0.4 is 15.4 Å². The van der Waals surface area contributed by atoms with Gasteiger partial charge in [0.05, 0.1) is 12.7 Å². The van der Waals surface area contributed by atoms with Gasteiger partial charge < -0.3 is 20.5 Å². The van der Waals surface area contributed by atoms with Crippen LogP contribution in [-0.2, 0) is 12.8 Å². The number of methoxy groups -OCH3 is 1. The molecule has 2 atom stereocenters. The van der Waals surface area contributed by atoms with Crippen molar-refractivity contribution in [3.8, 4) is 11.5 Å². The van der Waals surface area contributed by atoms with E-state index in [9.17, 15) is 9.90 Å². The third kappa shape index (κ3) is 2.41. The summed E-state index contributed by atoms with van der Waals surface area (Å²) in [6.45, 7) is 2.26. The Balaban J connectivity index is 1.67. The average molecular weight is 344 g/mol. The molecule has 1 amide bonds. The number of anilines is 1. The quantitative estimate of drug-likeness (QED) is 0.780. The minimum Gasteiger partial charge on any atom is -0.504 e. The Morgan fingerprint density at radius 1 is 1.33 bits per heavy atom. The third-order valence-electron chi connectivity index (χ3n) is 4.83. The number of rotatable bonds is 2. The fraction of sp³-hybridized carbons (Fsp3) is 0.389. The van der Waals surface area contributed by atoms with E-state index in [2.05, 4.69) is 17.6 Å². The molecule has 1 aliphatic carbocycles. The molecule has 0 fully saturated rings. The molecule has 5 nitrogen and oxygen atoms in total. The topological polar surface area (TPSA) is 70.6 Å². The van der Waals surface area contributed by atoms with Crippen LogP contribution in [0.25, 0.3) is 0 Å². The summed E-state index contributed by atoms with van der Waals surface area (Å²) in [6, 6.07) is 5.17. The molecule has 4 rings (SSSR count). The van der Waals surface area contributed by atoms with E-state index in [-0.39, 0.29) is 17.8 Å². The van der Waals surface area contributed by atoms with Gasteiger partial charge >= 0.3 is 0 Å². The van der Waals surface area contributed by atoms with Crippen LogP contribution in [0.5, 0.6) is 11.5 Å². The molecule has 1 aliphatic heterocycles. The molecule has 2 aliphatic rings. The maximum atomic E-state index is 12.7. The summed E-state index contributed by atoms with van der Waals surface area (Å²) in [5, 5.41) is 17.3. The predicted molar refractivity (Wildman–Crippen MR) is 94.0 cm³/mol. The normalized spacial score (nSPS) is 22.2. The molecule has 3 N–H and O–H groups in total. The number of aromatic hydroxyl groups is 1. The number of phenols is 1. The number of hydrogen-bond donors (Lipinski definition) is 3. The molecule has 24 heavy (non-hydrogen) atoms. The number of amides is 1. The van der Waals surface area contributed by atoms with Crippen LogP contribution in [0.15, 0.2) is 18.2 Å². The summed E-state index contributed by atoms with van der Waals surface area (Å²) in [4.78, 5) is 14.0. The number of fused-ring (bicyclic) bond motifs is 3. The molecule has 1 aromatic carbocycles. The highest BCUT2D eigenvalue weighted by Crippen LogP contribution is 2.43. The van der Waals surface area contributed by atoms with Crippen LogP contribution in [0, 0.1) is 5.92 Å². The van der Waals surface area contributed by atoms with Crippen molar-refractivity contribution in [2.24, 2.45) is 5.92 Å². The van der Waals surface area contributed by atoms with E-state index in [4.69, 9.17) is 4.74 Å². The number of carbonyl (C=O) groups excluding carboxylic acids is 1. The number of nitrogens with one attached hydrogen (secondary N) is 2. The predicted octanol–water partition coefficient (Wildman–Crippen LogP) is 3.44. The van der Waals surface area contributed by atoms with Gasteiger partial charge in [-0.25, -0.2) is 0 Å². The summed E-state index contributed by atoms with van der Waals surface area (Å²) < 4.78 is 5.07. The van der Waals surface area contributed by atoms with Gasteiger partial charge in [0.15, 0.2) is 11.5 Å². The Labute approximate surface area is 144 Å². The Morgan fingerprint density at radius 2 is 2.17 bits per heavy atom. The highest BCUT2D eigenvalue weighted by molar-refractivity contribution is 7.16. The highest BCUT2D eigenvalue weighted by Gasteiger charge is 2.33. The smallest absolute Gasteiger partial charge is 0.256 e. The lowest BCUT2D eigenvalue weighted by Gasteiger charge is -2.27. The van der Waals surface area contributed by atoms with Crippen molar-refractivity contribution in [3.63, 3.8) is 0 Å². The molecule has 0 spiro atoms. The van der Waals surface area contributed by atoms with E-state index in [1.807, 2.05) is 6.07 Å². The molecular formula is C18H20N2O3S. The Kier molecular flexibility index (Phi) is 3.64. The van der Waals surface area contributed by atoms with Crippen LogP contribution in [0.2, 0.25) is 0 Å². The number of hydrogen-bond acceptors (Lipinski definition) is 5. The molecule has 6 heteroatoms. The molecule has 2 heterocycles. The van der Waals surface area contributed by atoms with E-state index >= 15 is 0 Å². The molecule has 0 unspecified atom stereocenters. The zero-order valence-corrected chi connectivity index (χ0v) is 14.5. The highest BCUT2D eigenvalue weighted by atomic mass is 32.1. The maximum Gasteiger partial charge on any atom is 0.256 e. The summed E-state index contributed by atoms with van der Waals surface area (Å²) in [7, 11) is 1.51. The minimum atomic E-state index is -0.348. The molecule has 0 saturated carbocycles. The van der Waals surface area contributed by atoms with Crippen molar-refractivity contribution in [3.05, 3.63) is 39.8 Å². The molecular weight excluding hydrogens is 324 g/mol. The fourth-order valence-electron chi connectivity index (χ4n) is 3.52. The van der Waals surface area contributed by atoms with E-state index in [0.717, 1.165) is 35.4 Å². The Bertz CT molecular complexity index is 815. The van der Waals surface area contributed by atoms with Gasteiger partial charge in [-0.15, -0.1) is 11.3 Å². The number of ether oxygens (including phenoxy) is 1. The van der Waals surface area contributed by atoms with Gasteiger partial charge in [-0.05, 0) is 48.4 Å². The number of benzene rings is 1. The lowest BCUT2D eigenvalue weighted by Crippen LogP contribution is -2.38. The maximum absolute atomic E-state index is 12.7. The molecule has 126 valence electrons. The zero-order valence-electron chi connectivity index (χ0n) is 13.7. The summed E-state index contributed by atoms with van der Waals surface area (Å²) in [6.07, 6.45) is 2.82. The summed E-state index contributed by atoms with van der Waals surface area (Å²) >= 11 is 1.70. The minimum absolute atomic E-state index is 0.0314. The van der Waals surface area contributed by atoms with Gasteiger partial charge in [-0.3, -0.25) is 4.79 Å². The standard InChI is InChI=1S/C18H20N2O3S/c1-9-3-5-11-14(7-9)24-18-15(11)17(22)19-16(20-18)10-4-6-13(23-2)12(21)8-10/h4,6,8-9,16,20-21H,3,5,7H2,1-2H3,(H,19,22)/t9-,16+/m1/s1. The summed E-state index contributed by atoms with van der Waals surface area (Å²) in [5.74, 6) is 1.13. The molecule has 0 bridgehead atoms. The Hall–Kier alpha value is -2.21. The van der Waals surface area contributed by atoms with Crippen molar-refractivity contribution < 1.29 is 14.6 Å². The van der Waals surface area contributed by atoms with Crippen LogP contribution in [-0.4, -0.2) is 18.1 Å². The second kappa shape index (κ2) is 5.70. The molecule has 0 saturated heterocycles. The van der Waals surface area contributed by atoms with Crippen LogP contribution in [0.3, 0.4) is 0 Å². The SMILES string of the molecule is COc1ccc([C@H]2NC(=O)c3c(sc4c3CC[C@@H](C)C4)N2)cc1O. The van der Waals surface area contributed by atoms with E-state index in [0.29, 0.717) is 11.7 Å². The largest absolute Gasteiger partial charge is 0.504 e. The van der Waals surface area contributed by atoms with Gasteiger partial charge in [0.2, 0.25) is 0 Å². The lowest BCUT2D eigenvalue weighted by atomic mass is 9.88. The lowest BCUT2D eigenvalue weighted by molar-refractivity contribution is 0.0935. The monoisotopic (exact) mass is 344 g/mol. The van der Waals surface area contributed by atoms with Crippen LogP contribution in [0.1, 0.15) is 45.9 Å². The first kappa shape index (κ1) is 15.3. The zero-order chi connectivity index (χ0) is 16.8. The fourth-order valence-corrected chi connectivity index (χ4v) is 4.95. The van der Waals surface area contributed by atoms with Gasteiger partial charge in [-0.2, -0.15) is 0 Å². The average Bonchev–Trinajstić information content (AvgIpc) is 2.92.